The molecule has 1 amide bonds. The predicted molar refractivity (Wildman–Crippen MR) is 56.2 cm³/mol. The maximum Gasteiger partial charge on any atom is 0.250 e. The molecule has 0 aliphatic carbocycles. The van der Waals surface area contributed by atoms with Gasteiger partial charge in [0, 0.05) is 5.69 Å². The third-order valence-corrected chi connectivity index (χ3v) is 1.98. The molecule has 14 heavy (non-hydrogen) atoms. The number of aliphatic hydroxyl groups excluding tert-OH is 1. The maximum absolute atomic E-state index is 10.9. The average molecular weight is 193 g/mol. The highest BCUT2D eigenvalue weighted by Gasteiger charge is 2.02. The molecule has 0 spiro atoms. The molecule has 0 heterocycles. The van der Waals surface area contributed by atoms with Gasteiger partial charge in [0.15, 0.2) is 0 Å². The van der Waals surface area contributed by atoms with Gasteiger partial charge in [-0.1, -0.05) is 26.0 Å². The lowest BCUT2D eigenvalue weighted by atomic mass is 10.0. The second kappa shape index (κ2) is 4.77. The third-order valence-electron chi connectivity index (χ3n) is 1.98. The molecule has 0 bridgehead atoms. The molecule has 0 aliphatic rings. The summed E-state index contributed by atoms with van der Waals surface area (Å²) in [5, 5.41) is 11.2. The zero-order valence-corrected chi connectivity index (χ0v) is 8.45. The number of aliphatic hydroxyl groups is 1. The van der Waals surface area contributed by atoms with E-state index in [4.69, 9.17) is 5.11 Å². The van der Waals surface area contributed by atoms with Crippen LogP contribution in [0, 0.1) is 0 Å². The van der Waals surface area contributed by atoms with Crippen LogP contribution in [0.5, 0.6) is 0 Å². The number of carbonyl (C=O) groups is 1. The molecule has 0 aliphatic heterocycles. The summed E-state index contributed by atoms with van der Waals surface area (Å²) < 4.78 is 0. The molecule has 0 fully saturated rings. The van der Waals surface area contributed by atoms with Crippen LogP contribution in [0.15, 0.2) is 24.3 Å². The highest BCUT2D eigenvalue weighted by molar-refractivity contribution is 5.91. The Balaban J connectivity index is 2.78. The first-order valence-corrected chi connectivity index (χ1v) is 4.64. The van der Waals surface area contributed by atoms with Crippen molar-refractivity contribution in [2.24, 2.45) is 0 Å². The highest BCUT2D eigenvalue weighted by Crippen LogP contribution is 2.18. The molecule has 0 saturated heterocycles. The molecule has 2 N–H and O–H groups in total. The molecular weight excluding hydrogens is 178 g/mol. The summed E-state index contributed by atoms with van der Waals surface area (Å²) in [6, 6.07) is 7.62. The fourth-order valence-corrected chi connectivity index (χ4v) is 1.18. The number of carbonyl (C=O) groups excluding carboxylic acids is 1. The summed E-state index contributed by atoms with van der Waals surface area (Å²) in [5.74, 6) is 0.0480. The molecule has 0 atom stereocenters. The van der Waals surface area contributed by atoms with Crippen LogP contribution in [0.3, 0.4) is 0 Å². The molecule has 1 rings (SSSR count). The van der Waals surface area contributed by atoms with Crippen molar-refractivity contribution in [3.63, 3.8) is 0 Å². The van der Waals surface area contributed by atoms with Crippen molar-refractivity contribution < 1.29 is 9.90 Å². The molecule has 0 radical (unpaired) electrons. The van der Waals surface area contributed by atoms with Gasteiger partial charge in [-0.15, -0.1) is 0 Å². The molecule has 76 valence electrons. The maximum atomic E-state index is 10.9. The number of anilines is 1. The summed E-state index contributed by atoms with van der Waals surface area (Å²) >= 11 is 0. The Bertz CT molecular complexity index is 321. The van der Waals surface area contributed by atoms with E-state index in [1.807, 2.05) is 18.2 Å². The lowest BCUT2D eigenvalue weighted by molar-refractivity contribution is -0.118. The Labute approximate surface area is 83.8 Å². The molecule has 1 aromatic rings. The van der Waals surface area contributed by atoms with Gasteiger partial charge in [0.05, 0.1) is 0 Å². The fourth-order valence-electron chi connectivity index (χ4n) is 1.18. The van der Waals surface area contributed by atoms with Gasteiger partial charge >= 0.3 is 0 Å². The predicted octanol–water partition coefficient (Wildman–Crippen LogP) is 1.74. The van der Waals surface area contributed by atoms with Gasteiger partial charge in [0.25, 0.3) is 0 Å². The van der Waals surface area contributed by atoms with Crippen molar-refractivity contribution in [1.29, 1.82) is 0 Å². The lowest BCUT2D eigenvalue weighted by Gasteiger charge is -2.08. The molecule has 3 heteroatoms. The zero-order valence-electron chi connectivity index (χ0n) is 8.45. The van der Waals surface area contributed by atoms with Crippen LogP contribution < -0.4 is 5.32 Å². The Morgan fingerprint density at radius 1 is 1.50 bits per heavy atom. The van der Waals surface area contributed by atoms with E-state index in [0.29, 0.717) is 5.92 Å². The van der Waals surface area contributed by atoms with Crippen LogP contribution in [-0.2, 0) is 4.79 Å². The Morgan fingerprint density at radius 3 is 2.79 bits per heavy atom. The monoisotopic (exact) mass is 193 g/mol. The molecule has 0 unspecified atom stereocenters. The summed E-state index contributed by atoms with van der Waals surface area (Å²) in [4.78, 5) is 10.9. The quantitative estimate of drug-likeness (QED) is 0.768. The van der Waals surface area contributed by atoms with Gasteiger partial charge < -0.3 is 10.4 Å². The van der Waals surface area contributed by atoms with Gasteiger partial charge in [-0.3, -0.25) is 4.79 Å². The van der Waals surface area contributed by atoms with E-state index < -0.39 is 6.61 Å². The first kappa shape index (κ1) is 10.7. The first-order chi connectivity index (χ1) is 6.63. The molecule has 0 aromatic heterocycles. The van der Waals surface area contributed by atoms with Crippen LogP contribution in [0.1, 0.15) is 25.3 Å². The van der Waals surface area contributed by atoms with Crippen molar-refractivity contribution in [2.45, 2.75) is 19.8 Å². The van der Waals surface area contributed by atoms with Crippen LogP contribution in [-0.4, -0.2) is 17.6 Å². The number of amides is 1. The highest BCUT2D eigenvalue weighted by atomic mass is 16.3. The Hall–Kier alpha value is -1.35. The SMILES string of the molecule is CC(C)c1cccc(NC(=O)CO)c1. The second-order valence-electron chi connectivity index (χ2n) is 3.49. The summed E-state index contributed by atoms with van der Waals surface area (Å²) in [6.45, 7) is 3.70. The van der Waals surface area contributed by atoms with Crippen LogP contribution in [0.25, 0.3) is 0 Å². The second-order valence-corrected chi connectivity index (χ2v) is 3.49. The van der Waals surface area contributed by atoms with E-state index >= 15 is 0 Å². The zero-order chi connectivity index (χ0) is 10.6. The van der Waals surface area contributed by atoms with E-state index in [1.54, 1.807) is 6.07 Å². The number of benzene rings is 1. The summed E-state index contributed by atoms with van der Waals surface area (Å²) in [5.41, 5.74) is 1.90. The van der Waals surface area contributed by atoms with E-state index in [9.17, 15) is 4.79 Å². The number of hydrogen-bond donors (Lipinski definition) is 2. The topological polar surface area (TPSA) is 49.3 Å². The van der Waals surface area contributed by atoms with Crippen molar-refractivity contribution in [2.75, 3.05) is 11.9 Å². The van der Waals surface area contributed by atoms with Crippen molar-refractivity contribution in [3.05, 3.63) is 29.8 Å². The molecular formula is C11H15NO2. The fraction of sp³-hybridized carbons (Fsp3) is 0.364. The van der Waals surface area contributed by atoms with Gasteiger partial charge in [0.1, 0.15) is 6.61 Å². The van der Waals surface area contributed by atoms with E-state index in [2.05, 4.69) is 19.2 Å². The van der Waals surface area contributed by atoms with Gasteiger partial charge in [-0.25, -0.2) is 0 Å². The molecule has 0 saturated carbocycles. The number of hydrogen-bond acceptors (Lipinski definition) is 2. The Morgan fingerprint density at radius 2 is 2.21 bits per heavy atom. The van der Waals surface area contributed by atoms with E-state index in [-0.39, 0.29) is 5.91 Å². The number of rotatable bonds is 3. The summed E-state index contributed by atoms with van der Waals surface area (Å²) in [7, 11) is 0. The van der Waals surface area contributed by atoms with Crippen molar-refractivity contribution in [3.8, 4) is 0 Å². The smallest absolute Gasteiger partial charge is 0.250 e. The summed E-state index contributed by atoms with van der Waals surface area (Å²) in [6.07, 6.45) is 0. The standard InChI is InChI=1S/C11H15NO2/c1-8(2)9-4-3-5-10(6-9)12-11(14)7-13/h3-6,8,13H,7H2,1-2H3,(H,12,14). The van der Waals surface area contributed by atoms with E-state index in [0.717, 1.165) is 5.69 Å². The minimum Gasteiger partial charge on any atom is -0.387 e. The molecule has 1 aromatic carbocycles. The normalized spacial score (nSPS) is 10.3. The average Bonchev–Trinajstić information content (AvgIpc) is 2.18. The van der Waals surface area contributed by atoms with Crippen molar-refractivity contribution in [1.82, 2.24) is 0 Å². The lowest BCUT2D eigenvalue weighted by Crippen LogP contribution is -2.15. The number of nitrogens with one attached hydrogen (secondary N) is 1. The van der Waals surface area contributed by atoms with Gasteiger partial charge in [0.2, 0.25) is 5.91 Å². The van der Waals surface area contributed by atoms with Crippen LogP contribution in [0.2, 0.25) is 0 Å². The minimum absolute atomic E-state index is 0.383. The van der Waals surface area contributed by atoms with Crippen LogP contribution >= 0.6 is 0 Å². The Kier molecular flexibility index (Phi) is 3.65. The minimum atomic E-state index is -0.480. The third kappa shape index (κ3) is 2.85. The van der Waals surface area contributed by atoms with Gasteiger partial charge in [-0.2, -0.15) is 0 Å². The first-order valence-electron chi connectivity index (χ1n) is 4.64. The van der Waals surface area contributed by atoms with E-state index in [1.165, 1.54) is 5.56 Å². The largest absolute Gasteiger partial charge is 0.387 e. The molecule has 3 nitrogen and oxygen atoms in total. The van der Waals surface area contributed by atoms with Crippen LogP contribution in [0.4, 0.5) is 5.69 Å². The van der Waals surface area contributed by atoms with Gasteiger partial charge in [-0.05, 0) is 23.6 Å². The van der Waals surface area contributed by atoms with Crippen molar-refractivity contribution >= 4 is 11.6 Å².